The summed E-state index contributed by atoms with van der Waals surface area (Å²) in [5.74, 6) is -0.384. The lowest BCUT2D eigenvalue weighted by atomic mass is 10.4. The molecule has 1 amide bonds. The van der Waals surface area contributed by atoms with E-state index >= 15 is 0 Å². The van der Waals surface area contributed by atoms with Crippen molar-refractivity contribution in [2.24, 2.45) is 5.73 Å². The predicted molar refractivity (Wildman–Crippen MR) is 65.2 cm³/mol. The molecule has 0 radical (unpaired) electrons. The SMILES string of the molecule is CC(=O)CNCCOCCOCCOCC(N)=O. The number of ether oxygens (including phenoxy) is 3. The molecule has 106 valence electrons. The van der Waals surface area contributed by atoms with E-state index in [-0.39, 0.29) is 12.4 Å². The van der Waals surface area contributed by atoms with Crippen LogP contribution in [0.25, 0.3) is 0 Å². The summed E-state index contributed by atoms with van der Waals surface area (Å²) in [6.07, 6.45) is 0. The van der Waals surface area contributed by atoms with Gasteiger partial charge in [-0.3, -0.25) is 9.59 Å². The molecule has 0 rings (SSSR count). The number of nitrogens with one attached hydrogen (secondary N) is 1. The number of nitrogens with two attached hydrogens (primary N) is 1. The zero-order valence-corrected chi connectivity index (χ0v) is 10.8. The van der Waals surface area contributed by atoms with Gasteiger partial charge in [0.15, 0.2) is 0 Å². The van der Waals surface area contributed by atoms with Crippen molar-refractivity contribution in [1.29, 1.82) is 0 Å². The van der Waals surface area contributed by atoms with Crippen molar-refractivity contribution in [3.8, 4) is 0 Å². The maximum absolute atomic E-state index is 10.6. The van der Waals surface area contributed by atoms with Gasteiger partial charge in [0.05, 0.1) is 39.6 Å². The lowest BCUT2D eigenvalue weighted by molar-refractivity contribution is -0.123. The average Bonchev–Trinajstić information content (AvgIpc) is 2.29. The van der Waals surface area contributed by atoms with E-state index in [4.69, 9.17) is 19.9 Å². The number of ketones is 1. The molecule has 0 aliphatic rings. The summed E-state index contributed by atoms with van der Waals surface area (Å²) in [5.41, 5.74) is 4.88. The van der Waals surface area contributed by atoms with Crippen molar-refractivity contribution in [2.45, 2.75) is 6.92 Å². The summed E-state index contributed by atoms with van der Waals surface area (Å²) < 4.78 is 15.3. The highest BCUT2D eigenvalue weighted by Gasteiger charge is 1.95. The molecule has 0 aromatic carbocycles. The average molecular weight is 262 g/mol. The number of hydrogen-bond donors (Lipinski definition) is 2. The van der Waals surface area contributed by atoms with Gasteiger partial charge in [-0.2, -0.15) is 0 Å². The van der Waals surface area contributed by atoms with E-state index in [0.717, 1.165) is 0 Å². The van der Waals surface area contributed by atoms with Gasteiger partial charge in [0, 0.05) is 6.54 Å². The zero-order chi connectivity index (χ0) is 13.6. The molecule has 7 nitrogen and oxygen atoms in total. The van der Waals surface area contributed by atoms with Crippen LogP contribution in [0.4, 0.5) is 0 Å². The van der Waals surface area contributed by atoms with E-state index in [1.165, 1.54) is 6.92 Å². The topological polar surface area (TPSA) is 99.9 Å². The highest BCUT2D eigenvalue weighted by Crippen LogP contribution is 1.80. The number of amides is 1. The van der Waals surface area contributed by atoms with Crippen LogP contribution in [0.1, 0.15) is 6.92 Å². The van der Waals surface area contributed by atoms with Crippen molar-refractivity contribution in [3.05, 3.63) is 0 Å². The Balaban J connectivity index is 2.99. The Kier molecular flexibility index (Phi) is 11.7. The van der Waals surface area contributed by atoms with Crippen LogP contribution >= 0.6 is 0 Å². The molecule has 0 aliphatic carbocycles. The molecule has 0 atom stereocenters. The molecule has 0 bridgehead atoms. The number of hydrogen-bond acceptors (Lipinski definition) is 6. The van der Waals surface area contributed by atoms with Crippen LogP contribution in [-0.4, -0.2) is 64.4 Å². The van der Waals surface area contributed by atoms with Crippen LogP contribution in [-0.2, 0) is 23.8 Å². The molecular weight excluding hydrogens is 240 g/mol. The summed E-state index contributed by atoms with van der Waals surface area (Å²) in [6.45, 7) is 4.68. The second kappa shape index (κ2) is 12.4. The largest absolute Gasteiger partial charge is 0.378 e. The quantitative estimate of drug-likeness (QED) is 0.400. The molecule has 0 saturated carbocycles. The van der Waals surface area contributed by atoms with Gasteiger partial charge in [0.1, 0.15) is 12.4 Å². The normalized spacial score (nSPS) is 10.5. The maximum Gasteiger partial charge on any atom is 0.243 e. The Morgan fingerprint density at radius 1 is 1.00 bits per heavy atom. The fourth-order valence-corrected chi connectivity index (χ4v) is 1.02. The van der Waals surface area contributed by atoms with Crippen LogP contribution in [0.3, 0.4) is 0 Å². The van der Waals surface area contributed by atoms with E-state index in [2.05, 4.69) is 5.32 Å². The van der Waals surface area contributed by atoms with Crippen molar-refractivity contribution in [2.75, 3.05) is 52.7 Å². The fourth-order valence-electron chi connectivity index (χ4n) is 1.02. The summed E-state index contributed by atoms with van der Waals surface area (Å²) in [4.78, 5) is 20.9. The Labute approximate surface area is 107 Å². The molecule has 0 spiro atoms. The van der Waals surface area contributed by atoms with Gasteiger partial charge in [-0.25, -0.2) is 0 Å². The molecule has 0 unspecified atom stereocenters. The number of rotatable bonds is 13. The third-order valence-electron chi connectivity index (χ3n) is 1.79. The third-order valence-corrected chi connectivity index (χ3v) is 1.79. The Morgan fingerprint density at radius 2 is 1.56 bits per heavy atom. The fraction of sp³-hybridized carbons (Fsp3) is 0.818. The van der Waals surface area contributed by atoms with E-state index in [0.29, 0.717) is 46.1 Å². The lowest BCUT2D eigenvalue weighted by Gasteiger charge is -2.06. The Bertz CT molecular complexity index is 211. The zero-order valence-electron chi connectivity index (χ0n) is 10.8. The summed E-state index contributed by atoms with van der Waals surface area (Å²) in [7, 11) is 0. The molecule has 0 heterocycles. The lowest BCUT2D eigenvalue weighted by Crippen LogP contribution is -2.25. The molecule has 0 aromatic heterocycles. The molecule has 18 heavy (non-hydrogen) atoms. The summed E-state index contributed by atoms with van der Waals surface area (Å²) in [6, 6.07) is 0. The minimum atomic E-state index is -0.489. The van der Waals surface area contributed by atoms with Gasteiger partial charge in [-0.05, 0) is 6.92 Å². The van der Waals surface area contributed by atoms with Crippen LogP contribution < -0.4 is 11.1 Å². The second-order valence-electron chi connectivity index (χ2n) is 3.62. The van der Waals surface area contributed by atoms with E-state index in [1.54, 1.807) is 0 Å². The van der Waals surface area contributed by atoms with Crippen LogP contribution in [0, 0.1) is 0 Å². The maximum atomic E-state index is 10.6. The van der Waals surface area contributed by atoms with Gasteiger partial charge in [0.2, 0.25) is 5.91 Å². The van der Waals surface area contributed by atoms with Crippen LogP contribution in [0.5, 0.6) is 0 Å². The highest BCUT2D eigenvalue weighted by molar-refractivity contribution is 5.77. The van der Waals surface area contributed by atoms with Crippen LogP contribution in [0.2, 0.25) is 0 Å². The molecule has 0 aliphatic heterocycles. The van der Waals surface area contributed by atoms with Crippen molar-refractivity contribution < 1.29 is 23.8 Å². The highest BCUT2D eigenvalue weighted by atomic mass is 16.5. The first-order chi connectivity index (χ1) is 8.63. The molecule has 3 N–H and O–H groups in total. The summed E-state index contributed by atoms with van der Waals surface area (Å²) >= 11 is 0. The monoisotopic (exact) mass is 262 g/mol. The molecular formula is C11H22N2O5. The van der Waals surface area contributed by atoms with Gasteiger partial charge in [-0.15, -0.1) is 0 Å². The second-order valence-corrected chi connectivity index (χ2v) is 3.62. The standard InChI is InChI=1S/C11H22N2O5/c1-10(14)8-13-2-3-16-4-5-17-6-7-18-9-11(12)15/h13H,2-9H2,1H3,(H2,12,15). The van der Waals surface area contributed by atoms with Gasteiger partial charge >= 0.3 is 0 Å². The minimum Gasteiger partial charge on any atom is -0.378 e. The Morgan fingerprint density at radius 3 is 2.11 bits per heavy atom. The smallest absolute Gasteiger partial charge is 0.243 e. The summed E-state index contributed by atoms with van der Waals surface area (Å²) in [5, 5.41) is 2.94. The van der Waals surface area contributed by atoms with E-state index in [1.807, 2.05) is 0 Å². The third kappa shape index (κ3) is 15.0. The van der Waals surface area contributed by atoms with Crippen molar-refractivity contribution >= 4 is 11.7 Å². The van der Waals surface area contributed by atoms with E-state index in [9.17, 15) is 9.59 Å². The van der Waals surface area contributed by atoms with Crippen molar-refractivity contribution in [3.63, 3.8) is 0 Å². The molecule has 0 saturated heterocycles. The molecule has 0 aromatic rings. The predicted octanol–water partition coefficient (Wildman–Crippen LogP) is -1.30. The van der Waals surface area contributed by atoms with Gasteiger partial charge in [-0.1, -0.05) is 0 Å². The van der Waals surface area contributed by atoms with Gasteiger partial charge in [0.25, 0.3) is 0 Å². The number of carbonyl (C=O) groups is 2. The first kappa shape index (κ1) is 17.0. The van der Waals surface area contributed by atoms with Gasteiger partial charge < -0.3 is 25.3 Å². The van der Waals surface area contributed by atoms with Crippen molar-refractivity contribution in [1.82, 2.24) is 5.32 Å². The van der Waals surface area contributed by atoms with Crippen LogP contribution in [0.15, 0.2) is 0 Å². The number of primary amides is 1. The Hall–Kier alpha value is -1.02. The number of carbonyl (C=O) groups excluding carboxylic acids is 2. The molecule has 0 fully saturated rings. The minimum absolute atomic E-state index is 0.0817. The van der Waals surface area contributed by atoms with E-state index < -0.39 is 5.91 Å². The first-order valence-electron chi connectivity index (χ1n) is 5.84. The first-order valence-corrected chi connectivity index (χ1v) is 5.84. The molecule has 7 heteroatoms. The number of Topliss-reactive ketones (excluding diaryl/α,β-unsaturated/α-hetero) is 1.